The van der Waals surface area contributed by atoms with Gasteiger partial charge >= 0.3 is 0 Å². The van der Waals surface area contributed by atoms with Crippen molar-refractivity contribution in [1.29, 1.82) is 0 Å². The number of fused-ring (bicyclic) bond motifs is 1. The highest BCUT2D eigenvalue weighted by atomic mass is 35.5. The fourth-order valence-corrected chi connectivity index (χ4v) is 3.78. The van der Waals surface area contributed by atoms with E-state index >= 15 is 0 Å². The molecule has 0 unspecified atom stereocenters. The quantitative estimate of drug-likeness (QED) is 0.537. The van der Waals surface area contributed by atoms with Gasteiger partial charge in [-0.15, -0.1) is 0 Å². The van der Waals surface area contributed by atoms with Gasteiger partial charge in [0.1, 0.15) is 23.7 Å². The zero-order valence-electron chi connectivity index (χ0n) is 15.4. The minimum absolute atomic E-state index is 0.0428. The van der Waals surface area contributed by atoms with E-state index in [-0.39, 0.29) is 5.02 Å². The van der Waals surface area contributed by atoms with Crippen molar-refractivity contribution in [1.82, 2.24) is 9.97 Å². The molecule has 1 aliphatic rings. The number of benzene rings is 2. The van der Waals surface area contributed by atoms with Gasteiger partial charge in [-0.2, -0.15) is 0 Å². The summed E-state index contributed by atoms with van der Waals surface area (Å²) in [4.78, 5) is 8.63. The molecule has 3 aromatic rings. The molecule has 1 fully saturated rings. The van der Waals surface area contributed by atoms with Crippen molar-refractivity contribution in [3.8, 4) is 5.75 Å². The number of aromatic nitrogens is 2. The topological polar surface area (TPSA) is 73.1 Å². The molecule has 0 bridgehead atoms. The van der Waals surface area contributed by atoms with E-state index in [0.29, 0.717) is 35.5 Å². The fourth-order valence-electron chi connectivity index (χ4n) is 3.60. The molecule has 1 heterocycles. The fraction of sp³-hybridized carbons (Fsp3) is 0.333. The van der Waals surface area contributed by atoms with Gasteiger partial charge in [0.25, 0.3) is 0 Å². The summed E-state index contributed by atoms with van der Waals surface area (Å²) in [6.07, 6.45) is 7.76. The maximum Gasteiger partial charge on any atom is 0.144 e. The van der Waals surface area contributed by atoms with Crippen LogP contribution in [0.1, 0.15) is 32.1 Å². The van der Waals surface area contributed by atoms with Gasteiger partial charge in [0.2, 0.25) is 0 Å². The molecule has 3 N–H and O–H groups in total. The third-order valence-electron chi connectivity index (χ3n) is 5.15. The molecule has 146 valence electrons. The lowest BCUT2D eigenvalue weighted by molar-refractivity contribution is 0.210. The third-order valence-corrected chi connectivity index (χ3v) is 5.44. The van der Waals surface area contributed by atoms with Crippen molar-refractivity contribution >= 4 is 39.7 Å². The highest BCUT2D eigenvalue weighted by Crippen LogP contribution is 2.33. The number of halogens is 2. The highest BCUT2D eigenvalue weighted by Gasteiger charge is 2.16. The van der Waals surface area contributed by atoms with E-state index in [1.165, 1.54) is 50.6 Å². The Morgan fingerprint density at radius 2 is 1.96 bits per heavy atom. The van der Waals surface area contributed by atoms with Gasteiger partial charge in [0.05, 0.1) is 22.8 Å². The molecular formula is C21H22ClFN4O. The van der Waals surface area contributed by atoms with Crippen molar-refractivity contribution in [3.05, 3.63) is 47.5 Å². The Kier molecular flexibility index (Phi) is 5.48. The lowest BCUT2D eigenvalue weighted by Crippen LogP contribution is -2.15. The monoisotopic (exact) mass is 400 g/mol. The number of hydrogen-bond donors (Lipinski definition) is 2. The number of nitrogens with zero attached hydrogens (tertiary/aromatic N) is 2. The van der Waals surface area contributed by atoms with Gasteiger partial charge < -0.3 is 15.8 Å². The molecule has 0 saturated heterocycles. The molecule has 0 amide bonds. The second-order valence-corrected chi connectivity index (χ2v) is 7.61. The molecule has 5 nitrogen and oxygen atoms in total. The van der Waals surface area contributed by atoms with E-state index in [1.807, 2.05) is 6.07 Å². The number of hydrogen-bond acceptors (Lipinski definition) is 5. The Balaban J connectivity index is 1.57. The van der Waals surface area contributed by atoms with Crippen LogP contribution >= 0.6 is 11.6 Å². The Morgan fingerprint density at radius 1 is 1.14 bits per heavy atom. The number of nitrogen functional groups attached to an aromatic ring is 1. The van der Waals surface area contributed by atoms with E-state index < -0.39 is 5.82 Å². The van der Waals surface area contributed by atoms with Crippen LogP contribution in [-0.4, -0.2) is 16.6 Å². The lowest BCUT2D eigenvalue weighted by Gasteiger charge is -2.22. The van der Waals surface area contributed by atoms with Crippen molar-refractivity contribution in [2.24, 2.45) is 5.92 Å². The van der Waals surface area contributed by atoms with Crippen LogP contribution in [-0.2, 0) is 0 Å². The van der Waals surface area contributed by atoms with Gasteiger partial charge in [-0.3, -0.25) is 0 Å². The molecule has 0 atom stereocenters. The van der Waals surface area contributed by atoms with E-state index in [1.54, 1.807) is 12.1 Å². The summed E-state index contributed by atoms with van der Waals surface area (Å²) in [6, 6.07) is 8.06. The largest absolute Gasteiger partial charge is 0.491 e. The summed E-state index contributed by atoms with van der Waals surface area (Å²) < 4.78 is 19.4. The Labute approximate surface area is 168 Å². The Bertz CT molecular complexity index is 992. The first-order valence-electron chi connectivity index (χ1n) is 9.49. The molecule has 0 spiro atoms. The Hall–Kier alpha value is -2.60. The maximum atomic E-state index is 13.4. The van der Waals surface area contributed by atoms with Crippen molar-refractivity contribution < 1.29 is 9.13 Å². The summed E-state index contributed by atoms with van der Waals surface area (Å²) in [5.74, 6) is 1.34. The maximum absolute atomic E-state index is 13.4. The van der Waals surface area contributed by atoms with E-state index in [4.69, 9.17) is 22.1 Å². The summed E-state index contributed by atoms with van der Waals surface area (Å²) in [6.45, 7) is 0.681. The van der Waals surface area contributed by atoms with Gasteiger partial charge in [0, 0.05) is 17.1 Å². The van der Waals surface area contributed by atoms with Crippen molar-refractivity contribution in [2.75, 3.05) is 17.7 Å². The van der Waals surface area contributed by atoms with Crippen LogP contribution in [0.3, 0.4) is 0 Å². The number of ether oxygens (including phenoxy) is 1. The first-order valence-corrected chi connectivity index (χ1v) is 9.87. The van der Waals surface area contributed by atoms with Crippen LogP contribution in [0, 0.1) is 11.7 Å². The number of nitrogens with one attached hydrogen (secondary N) is 1. The molecule has 1 aromatic heterocycles. The van der Waals surface area contributed by atoms with E-state index in [9.17, 15) is 4.39 Å². The van der Waals surface area contributed by atoms with Crippen molar-refractivity contribution in [3.63, 3.8) is 0 Å². The van der Waals surface area contributed by atoms with Crippen LogP contribution in [0.5, 0.6) is 5.75 Å². The molecule has 0 aliphatic heterocycles. The standard InChI is InChI=1S/C21H22ClFN4O/c22-16-8-14(6-7-17(16)23)27-21-15-9-18(24)20(10-19(15)25-12-26-21)28-11-13-4-2-1-3-5-13/h6-10,12-13H,1-5,11,24H2,(H,25,26,27). The molecule has 4 rings (SSSR count). The average Bonchev–Trinajstić information content (AvgIpc) is 2.70. The molecule has 7 heteroatoms. The highest BCUT2D eigenvalue weighted by molar-refractivity contribution is 6.31. The lowest BCUT2D eigenvalue weighted by atomic mass is 9.90. The third kappa shape index (κ3) is 4.12. The molecule has 1 saturated carbocycles. The van der Waals surface area contributed by atoms with Gasteiger partial charge in [-0.1, -0.05) is 30.9 Å². The first-order chi connectivity index (χ1) is 13.6. The first kappa shape index (κ1) is 18.7. The SMILES string of the molecule is Nc1cc2c(Nc3ccc(F)c(Cl)c3)ncnc2cc1OCC1CCCCC1. The van der Waals surface area contributed by atoms with E-state index in [0.717, 1.165) is 10.9 Å². The van der Waals surface area contributed by atoms with Crippen molar-refractivity contribution in [2.45, 2.75) is 32.1 Å². The van der Waals surface area contributed by atoms with Gasteiger partial charge in [0.15, 0.2) is 0 Å². The normalized spacial score (nSPS) is 14.9. The molecule has 28 heavy (non-hydrogen) atoms. The predicted octanol–water partition coefficient (Wildman–Crippen LogP) is 5.71. The summed E-state index contributed by atoms with van der Waals surface area (Å²) in [5, 5.41) is 3.94. The second kappa shape index (κ2) is 8.19. The van der Waals surface area contributed by atoms with Gasteiger partial charge in [-0.25, -0.2) is 14.4 Å². The molecule has 1 aliphatic carbocycles. The van der Waals surface area contributed by atoms with Crippen LogP contribution in [0.25, 0.3) is 10.9 Å². The number of nitrogens with two attached hydrogens (primary N) is 1. The predicted molar refractivity (Wildman–Crippen MR) is 111 cm³/mol. The van der Waals surface area contributed by atoms with Gasteiger partial charge in [-0.05, 0) is 43.0 Å². The number of rotatable bonds is 5. The smallest absolute Gasteiger partial charge is 0.144 e. The zero-order valence-corrected chi connectivity index (χ0v) is 16.2. The van der Waals surface area contributed by atoms with Crippen LogP contribution < -0.4 is 15.8 Å². The molecule has 2 aromatic carbocycles. The van der Waals surface area contributed by atoms with Crippen LogP contribution in [0.15, 0.2) is 36.7 Å². The summed E-state index contributed by atoms with van der Waals surface area (Å²) in [7, 11) is 0. The minimum Gasteiger partial charge on any atom is -0.491 e. The molecule has 0 radical (unpaired) electrons. The van der Waals surface area contributed by atoms with E-state index in [2.05, 4.69) is 15.3 Å². The zero-order chi connectivity index (χ0) is 19.5. The summed E-state index contributed by atoms with van der Waals surface area (Å²) in [5.41, 5.74) is 8.12. The summed E-state index contributed by atoms with van der Waals surface area (Å²) >= 11 is 5.86. The van der Waals surface area contributed by atoms with Crippen LogP contribution in [0.4, 0.5) is 21.6 Å². The second-order valence-electron chi connectivity index (χ2n) is 7.20. The number of anilines is 3. The average molecular weight is 401 g/mol. The Morgan fingerprint density at radius 3 is 2.75 bits per heavy atom. The molecular weight excluding hydrogens is 379 g/mol. The minimum atomic E-state index is -0.469. The van der Waals surface area contributed by atoms with Crippen LogP contribution in [0.2, 0.25) is 5.02 Å².